The molecule has 27 heavy (non-hydrogen) atoms. The minimum Gasteiger partial charge on any atom is -0.497 e. The minimum atomic E-state index is -0.437. The molecule has 0 aliphatic rings. The molecule has 0 N–H and O–H groups in total. The average molecular weight is 370 g/mol. The maximum atomic E-state index is 14.7. The van der Waals surface area contributed by atoms with E-state index in [2.05, 4.69) is 0 Å². The molecule has 0 aliphatic carbocycles. The summed E-state index contributed by atoms with van der Waals surface area (Å²) in [4.78, 5) is 11.6. The Bertz CT molecular complexity index is 970. The monoisotopic (exact) mass is 370 g/mol. The predicted octanol–water partition coefficient (Wildman–Crippen LogP) is 5.36. The highest BCUT2D eigenvalue weighted by Crippen LogP contribution is 2.39. The van der Waals surface area contributed by atoms with Crippen LogP contribution in [0.2, 0.25) is 0 Å². The van der Waals surface area contributed by atoms with Crippen molar-refractivity contribution in [1.29, 1.82) is 0 Å². The van der Waals surface area contributed by atoms with Gasteiger partial charge in [-0.15, -0.1) is 0 Å². The summed E-state index contributed by atoms with van der Waals surface area (Å²) in [5.41, 5.74) is 2.61. The first-order valence-electron chi connectivity index (χ1n) is 8.99. The van der Waals surface area contributed by atoms with Gasteiger partial charge in [-0.2, -0.15) is 0 Å². The largest absolute Gasteiger partial charge is 0.497 e. The van der Waals surface area contributed by atoms with Crippen molar-refractivity contribution >= 4 is 16.9 Å². The second kappa shape index (κ2) is 7.82. The van der Waals surface area contributed by atoms with E-state index in [1.54, 1.807) is 7.11 Å². The van der Waals surface area contributed by atoms with Gasteiger partial charge in [0.05, 0.1) is 12.5 Å². The standard InChI is InChI=1S/C22H23FO4/c1-5-6-16-12-18(23)22-20(21(16)26-14(3)24)13(2)19(27-22)11-15-7-9-17(25-4)10-8-15/h7-10,12H,5-6,11H2,1-4H3. The summed E-state index contributed by atoms with van der Waals surface area (Å²) >= 11 is 0. The summed E-state index contributed by atoms with van der Waals surface area (Å²) < 4.78 is 31.1. The van der Waals surface area contributed by atoms with Crippen molar-refractivity contribution in [2.75, 3.05) is 7.11 Å². The second-order valence-corrected chi connectivity index (χ2v) is 6.57. The molecule has 0 radical (unpaired) electrons. The minimum absolute atomic E-state index is 0.132. The van der Waals surface area contributed by atoms with E-state index in [1.807, 2.05) is 38.1 Å². The zero-order chi connectivity index (χ0) is 19.6. The smallest absolute Gasteiger partial charge is 0.308 e. The molecule has 2 aromatic carbocycles. The van der Waals surface area contributed by atoms with E-state index in [4.69, 9.17) is 13.9 Å². The number of fused-ring (bicyclic) bond motifs is 1. The van der Waals surface area contributed by atoms with Crippen molar-refractivity contribution in [3.63, 3.8) is 0 Å². The van der Waals surface area contributed by atoms with Gasteiger partial charge in [0.25, 0.3) is 0 Å². The molecule has 3 rings (SSSR count). The number of benzene rings is 2. The molecule has 5 heteroatoms. The van der Waals surface area contributed by atoms with Crippen LogP contribution < -0.4 is 9.47 Å². The van der Waals surface area contributed by atoms with Crippen molar-refractivity contribution in [3.8, 4) is 11.5 Å². The Labute approximate surface area is 157 Å². The van der Waals surface area contributed by atoms with E-state index >= 15 is 0 Å². The van der Waals surface area contributed by atoms with Crippen molar-refractivity contribution < 1.29 is 23.1 Å². The number of hydrogen-bond donors (Lipinski definition) is 0. The zero-order valence-electron chi connectivity index (χ0n) is 16.0. The molecule has 0 fully saturated rings. The van der Waals surface area contributed by atoms with Crippen LogP contribution in [0, 0.1) is 12.7 Å². The first-order valence-corrected chi connectivity index (χ1v) is 8.99. The Morgan fingerprint density at radius 3 is 2.52 bits per heavy atom. The van der Waals surface area contributed by atoms with E-state index in [-0.39, 0.29) is 5.58 Å². The third-order valence-corrected chi connectivity index (χ3v) is 4.57. The molecule has 0 bridgehead atoms. The third kappa shape index (κ3) is 3.82. The number of hydrogen-bond acceptors (Lipinski definition) is 4. The Hall–Kier alpha value is -2.82. The lowest BCUT2D eigenvalue weighted by Crippen LogP contribution is -2.05. The zero-order valence-corrected chi connectivity index (χ0v) is 16.0. The second-order valence-electron chi connectivity index (χ2n) is 6.57. The van der Waals surface area contributed by atoms with Crippen LogP contribution in [-0.4, -0.2) is 13.1 Å². The van der Waals surface area contributed by atoms with Crippen LogP contribution >= 0.6 is 0 Å². The molecule has 1 aromatic heterocycles. The van der Waals surface area contributed by atoms with Gasteiger partial charge in [-0.3, -0.25) is 4.79 Å². The summed E-state index contributed by atoms with van der Waals surface area (Å²) in [6, 6.07) is 9.04. The van der Waals surface area contributed by atoms with Gasteiger partial charge < -0.3 is 13.9 Å². The lowest BCUT2D eigenvalue weighted by atomic mass is 10.0. The highest BCUT2D eigenvalue weighted by atomic mass is 19.1. The third-order valence-electron chi connectivity index (χ3n) is 4.57. The van der Waals surface area contributed by atoms with E-state index in [1.165, 1.54) is 13.0 Å². The molecular formula is C22H23FO4. The molecule has 1 heterocycles. The molecule has 0 saturated carbocycles. The van der Waals surface area contributed by atoms with E-state index in [9.17, 15) is 9.18 Å². The van der Waals surface area contributed by atoms with E-state index < -0.39 is 11.8 Å². The molecule has 0 saturated heterocycles. The maximum Gasteiger partial charge on any atom is 0.308 e. The fraction of sp³-hybridized carbons (Fsp3) is 0.318. The molecular weight excluding hydrogens is 347 g/mol. The van der Waals surface area contributed by atoms with Crippen molar-refractivity contribution in [1.82, 2.24) is 0 Å². The maximum absolute atomic E-state index is 14.7. The molecule has 0 amide bonds. The molecule has 4 nitrogen and oxygen atoms in total. The fourth-order valence-electron chi connectivity index (χ4n) is 3.26. The average Bonchev–Trinajstić information content (AvgIpc) is 2.96. The van der Waals surface area contributed by atoms with Gasteiger partial charge in [-0.05, 0) is 42.7 Å². The fourth-order valence-corrected chi connectivity index (χ4v) is 3.26. The Kier molecular flexibility index (Phi) is 5.49. The van der Waals surface area contributed by atoms with Crippen LogP contribution in [0.1, 0.15) is 42.7 Å². The Morgan fingerprint density at radius 1 is 1.22 bits per heavy atom. The summed E-state index contributed by atoms with van der Waals surface area (Å²) in [7, 11) is 1.62. The first kappa shape index (κ1) is 19.0. The van der Waals surface area contributed by atoms with Crippen molar-refractivity contribution in [3.05, 3.63) is 58.6 Å². The van der Waals surface area contributed by atoms with Gasteiger partial charge >= 0.3 is 5.97 Å². The van der Waals surface area contributed by atoms with Gasteiger partial charge in [-0.25, -0.2) is 4.39 Å². The molecule has 0 unspecified atom stereocenters. The van der Waals surface area contributed by atoms with Gasteiger partial charge in [0.1, 0.15) is 17.3 Å². The predicted molar refractivity (Wildman–Crippen MR) is 102 cm³/mol. The van der Waals surface area contributed by atoms with Crippen LogP contribution in [0.3, 0.4) is 0 Å². The summed E-state index contributed by atoms with van der Waals surface area (Å²) in [6.07, 6.45) is 1.94. The number of rotatable bonds is 6. The molecule has 142 valence electrons. The molecule has 0 spiro atoms. The van der Waals surface area contributed by atoms with Gasteiger partial charge in [0, 0.05) is 18.9 Å². The number of esters is 1. The lowest BCUT2D eigenvalue weighted by molar-refractivity contribution is -0.131. The van der Waals surface area contributed by atoms with Gasteiger partial charge in [-0.1, -0.05) is 25.5 Å². The molecule has 0 atom stereocenters. The summed E-state index contributed by atoms with van der Waals surface area (Å²) in [5, 5.41) is 0.539. The van der Waals surface area contributed by atoms with Crippen molar-refractivity contribution in [2.24, 2.45) is 0 Å². The van der Waals surface area contributed by atoms with Gasteiger partial charge in [0.15, 0.2) is 11.4 Å². The number of carbonyl (C=O) groups excluding carboxylic acids is 1. The lowest BCUT2D eigenvalue weighted by Gasteiger charge is -2.10. The highest BCUT2D eigenvalue weighted by Gasteiger charge is 2.23. The van der Waals surface area contributed by atoms with Crippen LogP contribution in [0.15, 0.2) is 34.7 Å². The topological polar surface area (TPSA) is 48.7 Å². The van der Waals surface area contributed by atoms with Crippen molar-refractivity contribution in [2.45, 2.75) is 40.0 Å². The molecule has 0 aliphatic heterocycles. The normalized spacial score (nSPS) is 11.0. The summed E-state index contributed by atoms with van der Waals surface area (Å²) in [6.45, 7) is 5.21. The number of methoxy groups -OCH3 is 1. The number of ether oxygens (including phenoxy) is 2. The number of aryl methyl sites for hydroxylation is 2. The number of furan rings is 1. The Balaban J connectivity index is 2.11. The SMILES string of the molecule is CCCc1cc(F)c2oc(Cc3ccc(OC)cc3)c(C)c2c1OC(C)=O. The van der Waals surface area contributed by atoms with E-state index in [0.717, 1.165) is 23.3 Å². The quantitative estimate of drug-likeness (QED) is 0.433. The van der Waals surface area contributed by atoms with Crippen LogP contribution in [-0.2, 0) is 17.6 Å². The molecule has 3 aromatic rings. The summed E-state index contributed by atoms with van der Waals surface area (Å²) in [5.74, 6) is 0.956. The number of halogens is 1. The Morgan fingerprint density at radius 2 is 1.93 bits per heavy atom. The van der Waals surface area contributed by atoms with Gasteiger partial charge in [0.2, 0.25) is 0 Å². The van der Waals surface area contributed by atoms with Crippen LogP contribution in [0.4, 0.5) is 4.39 Å². The van der Waals surface area contributed by atoms with Crippen LogP contribution in [0.25, 0.3) is 11.0 Å². The van der Waals surface area contributed by atoms with E-state index in [0.29, 0.717) is 35.3 Å². The van der Waals surface area contributed by atoms with Crippen LogP contribution in [0.5, 0.6) is 11.5 Å². The first-order chi connectivity index (χ1) is 12.9. The number of carbonyl (C=O) groups is 1. The highest BCUT2D eigenvalue weighted by molar-refractivity contribution is 5.92.